The molecule has 0 radical (unpaired) electrons. The minimum atomic E-state index is -0.126. The van der Waals surface area contributed by atoms with Crippen LogP contribution in [0.2, 0.25) is 0 Å². The van der Waals surface area contributed by atoms with Crippen LogP contribution in [0.15, 0.2) is 42.7 Å². The molecule has 4 atom stereocenters. The Labute approximate surface area is 136 Å². The average molecular weight is 310 g/mol. The second-order valence-corrected chi connectivity index (χ2v) is 6.72. The fraction of sp³-hybridized carbons (Fsp3) is 0.444. The first kappa shape index (κ1) is 14.5. The maximum atomic E-state index is 12.5. The number of nitrogens with one attached hydrogen (secondary N) is 1. The Balaban J connectivity index is 1.45. The van der Waals surface area contributed by atoms with Crippen LogP contribution in [0.4, 0.5) is 4.79 Å². The van der Waals surface area contributed by atoms with Crippen LogP contribution < -0.4 is 5.32 Å². The molecule has 5 heteroatoms. The Hall–Kier alpha value is -2.14. The van der Waals surface area contributed by atoms with Gasteiger partial charge < -0.3 is 5.32 Å². The van der Waals surface area contributed by atoms with E-state index < -0.39 is 0 Å². The minimum absolute atomic E-state index is 0.126. The molecule has 5 rings (SSSR count). The Morgan fingerprint density at radius 2 is 2.09 bits per heavy atom. The van der Waals surface area contributed by atoms with E-state index >= 15 is 0 Å². The molecule has 1 aromatic carbocycles. The molecule has 3 unspecified atom stereocenters. The summed E-state index contributed by atoms with van der Waals surface area (Å²) >= 11 is 0. The van der Waals surface area contributed by atoms with E-state index in [1.807, 2.05) is 30.3 Å². The monoisotopic (exact) mass is 310 g/mol. The summed E-state index contributed by atoms with van der Waals surface area (Å²) in [6.07, 6.45) is 5.91. The highest BCUT2D eigenvalue weighted by atomic mass is 16.2. The number of hydrogen-bond acceptors (Lipinski definition) is 3. The fourth-order valence-corrected chi connectivity index (χ4v) is 3.90. The maximum Gasteiger partial charge on any atom is 0.342 e. The molecule has 0 aliphatic carbocycles. The molecule has 120 valence electrons. The molecule has 1 amide bonds. The van der Waals surface area contributed by atoms with Crippen molar-refractivity contribution >= 4 is 6.03 Å². The zero-order valence-corrected chi connectivity index (χ0v) is 13.4. The lowest BCUT2D eigenvalue weighted by Crippen LogP contribution is -2.60. The van der Waals surface area contributed by atoms with Crippen LogP contribution in [-0.4, -0.2) is 45.9 Å². The van der Waals surface area contributed by atoms with E-state index in [0.717, 1.165) is 24.2 Å². The standard InChI is InChI=1S/C18H22N4O/c1-13-9-15-7-8-21(13)12-17(15)20-18(23)22-11-16(10-19-22)14-5-3-2-4-6-14/h2-6,10-11,13,15,17H,7-9,12H2,1H3,(H,20,23)/t13?,15?,17-/m0/s1. The first-order chi connectivity index (χ1) is 11.2. The third-order valence-electron chi connectivity index (χ3n) is 5.26. The van der Waals surface area contributed by atoms with Crippen LogP contribution in [0.1, 0.15) is 19.8 Å². The van der Waals surface area contributed by atoms with E-state index in [9.17, 15) is 4.79 Å². The smallest absolute Gasteiger partial charge is 0.332 e. The number of fused-ring (bicyclic) bond motifs is 3. The summed E-state index contributed by atoms with van der Waals surface area (Å²) in [7, 11) is 0. The summed E-state index contributed by atoms with van der Waals surface area (Å²) in [5.74, 6) is 0.600. The van der Waals surface area contributed by atoms with Gasteiger partial charge in [0.05, 0.1) is 6.20 Å². The van der Waals surface area contributed by atoms with Crippen molar-refractivity contribution in [1.82, 2.24) is 20.0 Å². The molecule has 1 N–H and O–H groups in total. The molecule has 0 spiro atoms. The Morgan fingerprint density at radius 3 is 2.78 bits per heavy atom. The number of rotatable bonds is 2. The van der Waals surface area contributed by atoms with Crippen molar-refractivity contribution in [3.8, 4) is 11.1 Å². The van der Waals surface area contributed by atoms with E-state index in [1.54, 1.807) is 12.4 Å². The number of aromatic nitrogens is 2. The lowest BCUT2D eigenvalue weighted by Gasteiger charge is -2.48. The van der Waals surface area contributed by atoms with Gasteiger partial charge in [0, 0.05) is 30.4 Å². The first-order valence-corrected chi connectivity index (χ1v) is 8.36. The van der Waals surface area contributed by atoms with Crippen molar-refractivity contribution in [3.05, 3.63) is 42.7 Å². The van der Waals surface area contributed by atoms with E-state index in [2.05, 4.69) is 22.2 Å². The third kappa shape index (κ3) is 2.77. The SMILES string of the molecule is CC1CC2CCN1C[C@@H]2NC(=O)n1cc(-c2ccccc2)cn1. The van der Waals surface area contributed by atoms with Crippen LogP contribution >= 0.6 is 0 Å². The van der Waals surface area contributed by atoms with Crippen LogP contribution in [0.3, 0.4) is 0 Å². The van der Waals surface area contributed by atoms with E-state index in [0.29, 0.717) is 12.0 Å². The highest BCUT2D eigenvalue weighted by molar-refractivity contribution is 5.77. The van der Waals surface area contributed by atoms with E-state index in [1.165, 1.54) is 17.5 Å². The average Bonchev–Trinajstić information content (AvgIpc) is 3.07. The number of nitrogens with zero attached hydrogens (tertiary/aromatic N) is 3. The topological polar surface area (TPSA) is 50.2 Å². The Bertz CT molecular complexity index is 696. The van der Waals surface area contributed by atoms with Gasteiger partial charge in [-0.2, -0.15) is 9.78 Å². The van der Waals surface area contributed by atoms with Gasteiger partial charge >= 0.3 is 6.03 Å². The van der Waals surface area contributed by atoms with E-state index in [-0.39, 0.29) is 12.1 Å². The number of carbonyl (C=O) groups excluding carboxylic acids is 1. The van der Waals surface area contributed by atoms with Crippen LogP contribution in [0.25, 0.3) is 11.1 Å². The molecule has 2 bridgehead atoms. The van der Waals surface area contributed by atoms with Gasteiger partial charge in [-0.1, -0.05) is 30.3 Å². The Morgan fingerprint density at radius 1 is 1.26 bits per heavy atom. The van der Waals surface area contributed by atoms with Crippen molar-refractivity contribution in [3.63, 3.8) is 0 Å². The summed E-state index contributed by atoms with van der Waals surface area (Å²) in [6.45, 7) is 4.41. The molecule has 23 heavy (non-hydrogen) atoms. The number of piperidine rings is 3. The fourth-order valence-electron chi connectivity index (χ4n) is 3.90. The summed E-state index contributed by atoms with van der Waals surface area (Å²) in [5.41, 5.74) is 2.03. The van der Waals surface area contributed by atoms with Crippen LogP contribution in [-0.2, 0) is 0 Å². The molecule has 2 aromatic rings. The van der Waals surface area contributed by atoms with Gasteiger partial charge in [-0.15, -0.1) is 0 Å². The predicted molar refractivity (Wildman–Crippen MR) is 89.1 cm³/mol. The van der Waals surface area contributed by atoms with Crippen molar-refractivity contribution in [2.45, 2.75) is 31.8 Å². The summed E-state index contributed by atoms with van der Waals surface area (Å²) < 4.78 is 1.42. The van der Waals surface area contributed by atoms with Gasteiger partial charge in [0.2, 0.25) is 0 Å². The molecule has 3 aliphatic rings. The quantitative estimate of drug-likeness (QED) is 0.927. The predicted octanol–water partition coefficient (Wildman–Crippen LogP) is 2.59. The Kier molecular flexibility index (Phi) is 3.65. The summed E-state index contributed by atoms with van der Waals surface area (Å²) in [4.78, 5) is 15.0. The van der Waals surface area contributed by atoms with Gasteiger partial charge in [-0.05, 0) is 37.8 Å². The molecule has 3 aliphatic heterocycles. The van der Waals surface area contributed by atoms with Crippen molar-refractivity contribution in [2.24, 2.45) is 5.92 Å². The lowest BCUT2D eigenvalue weighted by molar-refractivity contribution is 0.0321. The van der Waals surface area contributed by atoms with Crippen molar-refractivity contribution in [1.29, 1.82) is 0 Å². The normalized spacial score (nSPS) is 29.4. The zero-order valence-electron chi connectivity index (χ0n) is 13.4. The lowest BCUT2D eigenvalue weighted by atomic mass is 9.80. The second-order valence-electron chi connectivity index (χ2n) is 6.72. The van der Waals surface area contributed by atoms with Gasteiger partial charge in [-0.25, -0.2) is 4.79 Å². The molecule has 5 nitrogen and oxygen atoms in total. The highest BCUT2D eigenvalue weighted by Crippen LogP contribution is 2.32. The summed E-state index contributed by atoms with van der Waals surface area (Å²) in [5, 5.41) is 7.40. The van der Waals surface area contributed by atoms with Gasteiger partial charge in [0.15, 0.2) is 0 Å². The van der Waals surface area contributed by atoms with Crippen LogP contribution in [0.5, 0.6) is 0 Å². The number of carbonyl (C=O) groups is 1. The molecular weight excluding hydrogens is 288 g/mol. The highest BCUT2D eigenvalue weighted by Gasteiger charge is 2.38. The first-order valence-electron chi connectivity index (χ1n) is 8.36. The molecule has 0 saturated carbocycles. The molecule has 3 saturated heterocycles. The minimum Gasteiger partial charge on any atom is -0.332 e. The largest absolute Gasteiger partial charge is 0.342 e. The number of benzene rings is 1. The molecule has 4 heterocycles. The van der Waals surface area contributed by atoms with Crippen LogP contribution in [0, 0.1) is 5.92 Å². The third-order valence-corrected chi connectivity index (χ3v) is 5.26. The van der Waals surface area contributed by atoms with E-state index in [4.69, 9.17) is 0 Å². The number of hydrogen-bond donors (Lipinski definition) is 1. The van der Waals surface area contributed by atoms with Gasteiger partial charge in [0.25, 0.3) is 0 Å². The maximum absolute atomic E-state index is 12.5. The zero-order chi connectivity index (χ0) is 15.8. The second kappa shape index (κ2) is 5.81. The van der Waals surface area contributed by atoms with Crippen molar-refractivity contribution < 1.29 is 4.79 Å². The van der Waals surface area contributed by atoms with Gasteiger partial charge in [-0.3, -0.25) is 4.90 Å². The molecular formula is C18H22N4O. The van der Waals surface area contributed by atoms with Crippen molar-refractivity contribution in [2.75, 3.05) is 13.1 Å². The number of amides is 1. The summed E-state index contributed by atoms with van der Waals surface area (Å²) in [6, 6.07) is 10.8. The van der Waals surface area contributed by atoms with Gasteiger partial charge in [0.1, 0.15) is 0 Å². The molecule has 1 aromatic heterocycles. The molecule has 3 fully saturated rings.